The Labute approximate surface area is 124 Å². The summed E-state index contributed by atoms with van der Waals surface area (Å²) in [5, 5.41) is 3.93. The molecule has 1 amide bonds. The number of halogens is 1. The summed E-state index contributed by atoms with van der Waals surface area (Å²) in [6.07, 6.45) is 2.08. The van der Waals surface area contributed by atoms with Crippen molar-refractivity contribution in [2.75, 3.05) is 19.6 Å². The molecule has 4 heteroatoms. The minimum Gasteiger partial charge on any atom is -0.332 e. The highest BCUT2D eigenvalue weighted by Crippen LogP contribution is 2.34. The van der Waals surface area contributed by atoms with Gasteiger partial charge in [0.2, 0.25) is 5.91 Å². The number of amides is 1. The van der Waals surface area contributed by atoms with E-state index in [1.165, 1.54) is 5.57 Å². The summed E-state index contributed by atoms with van der Waals surface area (Å²) in [5.74, 6) is 0.184. The first kappa shape index (κ1) is 13.7. The molecule has 20 heavy (non-hydrogen) atoms. The highest BCUT2D eigenvalue weighted by molar-refractivity contribution is 6.30. The van der Waals surface area contributed by atoms with Gasteiger partial charge in [-0.3, -0.25) is 4.79 Å². The smallest absolute Gasteiger partial charge is 0.250 e. The van der Waals surface area contributed by atoms with E-state index in [2.05, 4.69) is 11.4 Å². The fraction of sp³-hybridized carbons (Fsp3) is 0.438. The Bertz CT molecular complexity index is 561. The summed E-state index contributed by atoms with van der Waals surface area (Å²) in [4.78, 5) is 14.7. The minimum absolute atomic E-state index is 0.171. The molecule has 106 valence electrons. The lowest BCUT2D eigenvalue weighted by Crippen LogP contribution is -2.39. The van der Waals surface area contributed by atoms with Crippen molar-refractivity contribution in [3.05, 3.63) is 46.0 Å². The van der Waals surface area contributed by atoms with Crippen LogP contribution < -0.4 is 5.32 Å². The molecule has 1 unspecified atom stereocenters. The number of nitrogens with zero attached hydrogens (tertiary/aromatic N) is 1. The predicted molar refractivity (Wildman–Crippen MR) is 80.7 cm³/mol. The fourth-order valence-corrected chi connectivity index (χ4v) is 3.15. The van der Waals surface area contributed by atoms with Crippen LogP contribution >= 0.6 is 11.6 Å². The van der Waals surface area contributed by atoms with E-state index in [1.54, 1.807) is 0 Å². The van der Waals surface area contributed by atoms with Crippen molar-refractivity contribution in [2.45, 2.75) is 25.8 Å². The molecule has 1 atom stereocenters. The maximum absolute atomic E-state index is 12.7. The molecule has 1 aromatic carbocycles. The molecule has 0 aliphatic carbocycles. The third-order valence-electron chi connectivity index (χ3n) is 4.28. The SMILES string of the molecule is CC(C(=O)N1CCCC1c1cccc(Cl)c1)=C1CNC1. The van der Waals surface area contributed by atoms with Gasteiger partial charge in [0, 0.05) is 30.2 Å². The van der Waals surface area contributed by atoms with Crippen molar-refractivity contribution >= 4 is 17.5 Å². The van der Waals surface area contributed by atoms with E-state index in [4.69, 9.17) is 11.6 Å². The Morgan fingerprint density at radius 2 is 2.20 bits per heavy atom. The van der Waals surface area contributed by atoms with Gasteiger partial charge in [-0.2, -0.15) is 0 Å². The summed E-state index contributed by atoms with van der Waals surface area (Å²) in [6, 6.07) is 8.05. The Balaban J connectivity index is 1.84. The van der Waals surface area contributed by atoms with Crippen LogP contribution in [0.2, 0.25) is 5.02 Å². The lowest BCUT2D eigenvalue weighted by molar-refractivity contribution is -0.128. The minimum atomic E-state index is 0.171. The number of rotatable bonds is 2. The van der Waals surface area contributed by atoms with Crippen LogP contribution in [-0.4, -0.2) is 30.4 Å². The molecule has 3 nitrogen and oxygen atoms in total. The number of nitrogens with one attached hydrogen (secondary N) is 1. The number of hydrogen-bond acceptors (Lipinski definition) is 2. The largest absolute Gasteiger partial charge is 0.332 e. The lowest BCUT2D eigenvalue weighted by Gasteiger charge is -2.28. The number of hydrogen-bond donors (Lipinski definition) is 1. The van der Waals surface area contributed by atoms with E-state index in [0.29, 0.717) is 0 Å². The van der Waals surface area contributed by atoms with Crippen LogP contribution in [0.15, 0.2) is 35.4 Å². The van der Waals surface area contributed by atoms with Crippen LogP contribution in [0.4, 0.5) is 0 Å². The molecular formula is C16H19ClN2O. The van der Waals surface area contributed by atoms with E-state index in [-0.39, 0.29) is 11.9 Å². The molecule has 1 N–H and O–H groups in total. The van der Waals surface area contributed by atoms with Gasteiger partial charge in [0.1, 0.15) is 0 Å². The highest BCUT2D eigenvalue weighted by Gasteiger charge is 2.31. The van der Waals surface area contributed by atoms with Gasteiger partial charge in [0.05, 0.1) is 6.04 Å². The van der Waals surface area contributed by atoms with Gasteiger partial charge in [-0.25, -0.2) is 0 Å². The van der Waals surface area contributed by atoms with E-state index >= 15 is 0 Å². The Kier molecular flexibility index (Phi) is 3.81. The van der Waals surface area contributed by atoms with Crippen molar-refractivity contribution in [3.63, 3.8) is 0 Å². The molecule has 2 saturated heterocycles. The fourth-order valence-electron chi connectivity index (χ4n) is 2.95. The standard InChI is InChI=1S/C16H19ClN2O/c1-11(13-9-18-10-13)16(20)19-7-3-6-15(19)12-4-2-5-14(17)8-12/h2,4-5,8,15,18H,3,6-7,9-10H2,1H3. The van der Waals surface area contributed by atoms with Gasteiger partial charge in [0.15, 0.2) is 0 Å². The Morgan fingerprint density at radius 1 is 1.40 bits per heavy atom. The predicted octanol–water partition coefficient (Wildman–Crippen LogP) is 2.92. The monoisotopic (exact) mass is 290 g/mol. The van der Waals surface area contributed by atoms with Crippen molar-refractivity contribution in [1.29, 1.82) is 0 Å². The van der Waals surface area contributed by atoms with Gasteiger partial charge in [-0.1, -0.05) is 23.7 Å². The molecule has 0 radical (unpaired) electrons. The molecule has 2 heterocycles. The first-order valence-electron chi connectivity index (χ1n) is 7.12. The number of benzene rings is 1. The Hall–Kier alpha value is -1.32. The van der Waals surface area contributed by atoms with Gasteiger partial charge in [-0.05, 0) is 43.0 Å². The molecule has 2 aliphatic heterocycles. The van der Waals surface area contributed by atoms with Gasteiger partial charge in [0.25, 0.3) is 0 Å². The number of carbonyl (C=O) groups excluding carboxylic acids is 1. The van der Waals surface area contributed by atoms with E-state index < -0.39 is 0 Å². The second kappa shape index (κ2) is 5.58. The lowest BCUT2D eigenvalue weighted by atomic mass is 10.0. The molecule has 3 rings (SSSR count). The third kappa shape index (κ3) is 2.48. The third-order valence-corrected chi connectivity index (χ3v) is 4.51. The summed E-state index contributed by atoms with van der Waals surface area (Å²) < 4.78 is 0. The van der Waals surface area contributed by atoms with Crippen LogP contribution in [0.1, 0.15) is 31.4 Å². The second-order valence-electron chi connectivity index (χ2n) is 5.54. The summed E-state index contributed by atoms with van der Waals surface area (Å²) in [6.45, 7) is 4.50. The zero-order chi connectivity index (χ0) is 14.1. The first-order valence-corrected chi connectivity index (χ1v) is 7.50. The summed E-state index contributed by atoms with van der Waals surface area (Å²) in [7, 11) is 0. The summed E-state index contributed by atoms with van der Waals surface area (Å²) >= 11 is 6.07. The van der Waals surface area contributed by atoms with Crippen LogP contribution in [0.5, 0.6) is 0 Å². The van der Waals surface area contributed by atoms with Crippen molar-refractivity contribution < 1.29 is 4.79 Å². The first-order chi connectivity index (χ1) is 9.66. The zero-order valence-corrected chi connectivity index (χ0v) is 12.4. The average molecular weight is 291 g/mol. The van der Waals surface area contributed by atoms with Gasteiger partial charge in [-0.15, -0.1) is 0 Å². The molecule has 0 saturated carbocycles. The van der Waals surface area contributed by atoms with E-state index in [9.17, 15) is 4.79 Å². The van der Waals surface area contributed by atoms with Gasteiger partial charge < -0.3 is 10.2 Å². The van der Waals surface area contributed by atoms with Crippen molar-refractivity contribution in [1.82, 2.24) is 10.2 Å². The summed E-state index contributed by atoms with van der Waals surface area (Å²) in [5.41, 5.74) is 3.30. The molecule has 0 aromatic heterocycles. The number of carbonyl (C=O) groups is 1. The Morgan fingerprint density at radius 3 is 2.85 bits per heavy atom. The molecule has 0 spiro atoms. The normalized spacial score (nSPS) is 21.8. The molecular weight excluding hydrogens is 272 g/mol. The van der Waals surface area contributed by atoms with E-state index in [1.807, 2.05) is 30.0 Å². The topological polar surface area (TPSA) is 32.3 Å². The van der Waals surface area contributed by atoms with Crippen LogP contribution in [0.3, 0.4) is 0 Å². The highest BCUT2D eigenvalue weighted by atomic mass is 35.5. The van der Waals surface area contributed by atoms with Crippen LogP contribution in [0, 0.1) is 0 Å². The molecule has 0 bridgehead atoms. The van der Waals surface area contributed by atoms with Crippen LogP contribution in [-0.2, 0) is 4.79 Å². The quantitative estimate of drug-likeness (QED) is 0.850. The van der Waals surface area contributed by atoms with Crippen LogP contribution in [0.25, 0.3) is 0 Å². The maximum atomic E-state index is 12.7. The van der Waals surface area contributed by atoms with Crippen molar-refractivity contribution in [3.8, 4) is 0 Å². The molecule has 2 aliphatic rings. The van der Waals surface area contributed by atoms with E-state index in [0.717, 1.165) is 48.6 Å². The number of likely N-dealkylation sites (tertiary alicyclic amines) is 1. The average Bonchev–Trinajstić information content (AvgIpc) is 2.84. The second-order valence-corrected chi connectivity index (χ2v) is 5.98. The molecule has 2 fully saturated rings. The van der Waals surface area contributed by atoms with Crippen molar-refractivity contribution in [2.24, 2.45) is 0 Å². The zero-order valence-electron chi connectivity index (χ0n) is 11.7. The molecule has 1 aromatic rings. The maximum Gasteiger partial charge on any atom is 0.250 e. The van der Waals surface area contributed by atoms with Gasteiger partial charge >= 0.3 is 0 Å².